The lowest BCUT2D eigenvalue weighted by Gasteiger charge is -2.09. The van der Waals surface area contributed by atoms with Crippen LogP contribution >= 0.6 is 11.8 Å². The van der Waals surface area contributed by atoms with E-state index >= 15 is 0 Å². The fourth-order valence-corrected chi connectivity index (χ4v) is 3.72. The number of aryl methyl sites for hydroxylation is 2. The molecule has 168 valence electrons. The van der Waals surface area contributed by atoms with Crippen molar-refractivity contribution in [3.05, 3.63) is 72.1 Å². The van der Waals surface area contributed by atoms with E-state index in [0.717, 1.165) is 51.9 Å². The van der Waals surface area contributed by atoms with Crippen LogP contribution in [0.25, 0.3) is 17.1 Å². The summed E-state index contributed by atoms with van der Waals surface area (Å²) in [6.07, 6.45) is 7.74. The standard InChI is InChI=1S/C26H27N5OS/c1-5-6-14-27-22-12-10-20(15-18(22)2)23-16-25(32-21-11-13-26(33-4)28-17-21)30-31(23)24-9-7-8-19(3)29-24/h7-17H,5-6H2,1-4H3/b27-14-. The van der Waals surface area contributed by atoms with Gasteiger partial charge in [0.1, 0.15) is 5.75 Å². The van der Waals surface area contributed by atoms with Crippen LogP contribution in [-0.4, -0.2) is 32.2 Å². The number of aromatic nitrogens is 4. The quantitative estimate of drug-likeness (QED) is 0.211. The molecular formula is C26H27N5OS. The van der Waals surface area contributed by atoms with Crippen LogP contribution in [0, 0.1) is 13.8 Å². The van der Waals surface area contributed by atoms with E-state index in [2.05, 4.69) is 40.9 Å². The molecule has 0 unspecified atom stereocenters. The van der Waals surface area contributed by atoms with Gasteiger partial charge in [0.2, 0.25) is 5.88 Å². The van der Waals surface area contributed by atoms with E-state index in [1.807, 2.05) is 66.5 Å². The SMILES string of the molecule is CCC/C=N\c1ccc(-c2cc(Oc3ccc(SC)nc3)nn2-c2cccc(C)n2)cc1C. The van der Waals surface area contributed by atoms with Crippen molar-refractivity contribution >= 4 is 23.7 Å². The Morgan fingerprint density at radius 2 is 1.97 bits per heavy atom. The molecule has 0 atom stereocenters. The van der Waals surface area contributed by atoms with Crippen molar-refractivity contribution in [2.24, 2.45) is 4.99 Å². The van der Waals surface area contributed by atoms with Gasteiger partial charge in [0.15, 0.2) is 5.82 Å². The number of aliphatic imine (C=N–C) groups is 1. The van der Waals surface area contributed by atoms with Gasteiger partial charge >= 0.3 is 0 Å². The molecule has 3 aromatic heterocycles. The molecule has 33 heavy (non-hydrogen) atoms. The van der Waals surface area contributed by atoms with Crippen LogP contribution in [0.1, 0.15) is 31.0 Å². The van der Waals surface area contributed by atoms with Crippen LogP contribution in [0.15, 0.2) is 70.8 Å². The molecule has 0 N–H and O–H groups in total. The summed E-state index contributed by atoms with van der Waals surface area (Å²) in [6, 6.07) is 17.9. The molecule has 0 aliphatic carbocycles. The zero-order chi connectivity index (χ0) is 23.2. The highest BCUT2D eigenvalue weighted by atomic mass is 32.2. The number of ether oxygens (including phenoxy) is 1. The molecule has 0 aliphatic heterocycles. The molecule has 0 aliphatic rings. The van der Waals surface area contributed by atoms with Crippen molar-refractivity contribution in [3.63, 3.8) is 0 Å². The molecule has 1 aromatic carbocycles. The van der Waals surface area contributed by atoms with E-state index in [4.69, 9.17) is 9.84 Å². The third kappa shape index (κ3) is 5.49. The number of pyridine rings is 2. The van der Waals surface area contributed by atoms with E-state index in [0.29, 0.717) is 11.6 Å². The molecule has 0 saturated carbocycles. The number of nitrogens with zero attached hydrogens (tertiary/aromatic N) is 5. The van der Waals surface area contributed by atoms with E-state index in [9.17, 15) is 0 Å². The molecule has 0 radical (unpaired) electrons. The van der Waals surface area contributed by atoms with Crippen molar-refractivity contribution in [2.45, 2.75) is 38.6 Å². The lowest BCUT2D eigenvalue weighted by atomic mass is 10.1. The van der Waals surface area contributed by atoms with Crippen LogP contribution in [0.4, 0.5) is 5.69 Å². The molecule has 0 amide bonds. The Labute approximate surface area is 198 Å². The monoisotopic (exact) mass is 457 g/mol. The predicted molar refractivity (Wildman–Crippen MR) is 135 cm³/mol. The van der Waals surface area contributed by atoms with Gasteiger partial charge in [0, 0.05) is 23.5 Å². The highest BCUT2D eigenvalue weighted by Crippen LogP contribution is 2.32. The first-order valence-electron chi connectivity index (χ1n) is 10.9. The summed E-state index contributed by atoms with van der Waals surface area (Å²) >= 11 is 1.59. The van der Waals surface area contributed by atoms with Gasteiger partial charge in [-0.3, -0.25) is 4.99 Å². The van der Waals surface area contributed by atoms with Crippen LogP contribution in [-0.2, 0) is 0 Å². The summed E-state index contributed by atoms with van der Waals surface area (Å²) in [5.41, 5.74) is 4.91. The number of thioether (sulfide) groups is 1. The fourth-order valence-electron chi connectivity index (χ4n) is 3.36. The maximum atomic E-state index is 6.04. The smallest absolute Gasteiger partial charge is 0.239 e. The molecule has 4 aromatic rings. The Morgan fingerprint density at radius 3 is 2.67 bits per heavy atom. The van der Waals surface area contributed by atoms with Gasteiger partial charge in [-0.2, -0.15) is 0 Å². The van der Waals surface area contributed by atoms with E-state index < -0.39 is 0 Å². The third-order valence-corrected chi connectivity index (χ3v) is 5.72. The van der Waals surface area contributed by atoms with Crippen molar-refractivity contribution in [1.82, 2.24) is 19.7 Å². The molecule has 4 rings (SSSR count). The minimum Gasteiger partial charge on any atom is -0.436 e. The van der Waals surface area contributed by atoms with E-state index in [1.165, 1.54) is 0 Å². The molecule has 0 fully saturated rings. The molecule has 3 heterocycles. The van der Waals surface area contributed by atoms with E-state index in [1.54, 1.807) is 18.0 Å². The first kappa shape index (κ1) is 22.7. The van der Waals surface area contributed by atoms with Gasteiger partial charge < -0.3 is 4.74 Å². The topological polar surface area (TPSA) is 65.2 Å². The van der Waals surface area contributed by atoms with Gasteiger partial charge in [-0.1, -0.05) is 25.5 Å². The molecule has 0 saturated heterocycles. The van der Waals surface area contributed by atoms with Gasteiger partial charge in [-0.15, -0.1) is 16.9 Å². The minimum atomic E-state index is 0.481. The van der Waals surface area contributed by atoms with Gasteiger partial charge in [-0.05, 0) is 68.5 Å². The van der Waals surface area contributed by atoms with Crippen molar-refractivity contribution in [2.75, 3.05) is 6.26 Å². The van der Waals surface area contributed by atoms with Gasteiger partial charge in [0.05, 0.1) is 22.6 Å². The second-order valence-electron chi connectivity index (χ2n) is 7.66. The summed E-state index contributed by atoms with van der Waals surface area (Å²) < 4.78 is 7.86. The summed E-state index contributed by atoms with van der Waals surface area (Å²) in [4.78, 5) is 13.7. The van der Waals surface area contributed by atoms with Crippen LogP contribution < -0.4 is 4.74 Å². The zero-order valence-electron chi connectivity index (χ0n) is 19.3. The highest BCUT2D eigenvalue weighted by molar-refractivity contribution is 7.98. The number of unbranched alkanes of at least 4 members (excludes halogenated alkanes) is 1. The number of benzene rings is 1. The fraction of sp³-hybridized carbons (Fsp3) is 0.231. The van der Waals surface area contributed by atoms with Crippen LogP contribution in [0.5, 0.6) is 11.6 Å². The lowest BCUT2D eigenvalue weighted by molar-refractivity contribution is 0.454. The maximum absolute atomic E-state index is 6.04. The maximum Gasteiger partial charge on any atom is 0.239 e. The Bertz CT molecular complexity index is 1260. The lowest BCUT2D eigenvalue weighted by Crippen LogP contribution is -2.03. The third-order valence-electron chi connectivity index (χ3n) is 5.06. The summed E-state index contributed by atoms with van der Waals surface area (Å²) in [6.45, 7) is 6.19. The average molecular weight is 458 g/mol. The van der Waals surface area contributed by atoms with E-state index in [-0.39, 0.29) is 0 Å². The van der Waals surface area contributed by atoms with Crippen LogP contribution in [0.2, 0.25) is 0 Å². The largest absolute Gasteiger partial charge is 0.436 e. The molecular weight excluding hydrogens is 430 g/mol. The summed E-state index contributed by atoms with van der Waals surface area (Å²) in [5, 5.41) is 5.66. The van der Waals surface area contributed by atoms with Gasteiger partial charge in [0.25, 0.3) is 0 Å². The minimum absolute atomic E-state index is 0.481. The molecule has 6 nitrogen and oxygen atoms in total. The molecule has 0 bridgehead atoms. The van der Waals surface area contributed by atoms with Crippen molar-refractivity contribution in [1.29, 1.82) is 0 Å². The van der Waals surface area contributed by atoms with Crippen LogP contribution in [0.3, 0.4) is 0 Å². The Kier molecular flexibility index (Phi) is 7.19. The van der Waals surface area contributed by atoms with Crippen molar-refractivity contribution < 1.29 is 4.74 Å². The number of hydrogen-bond acceptors (Lipinski definition) is 6. The normalized spacial score (nSPS) is 11.3. The highest BCUT2D eigenvalue weighted by Gasteiger charge is 2.15. The average Bonchev–Trinajstić information content (AvgIpc) is 3.24. The second-order valence-corrected chi connectivity index (χ2v) is 8.48. The molecule has 0 spiro atoms. The first-order valence-corrected chi connectivity index (χ1v) is 12.2. The second kappa shape index (κ2) is 10.4. The zero-order valence-corrected chi connectivity index (χ0v) is 20.1. The number of rotatable bonds is 8. The summed E-state index contributed by atoms with van der Waals surface area (Å²) in [7, 11) is 0. The Morgan fingerprint density at radius 1 is 1.09 bits per heavy atom. The number of hydrogen-bond donors (Lipinski definition) is 0. The predicted octanol–water partition coefficient (Wildman–Crippen LogP) is 6.96. The van der Waals surface area contributed by atoms with Gasteiger partial charge in [-0.25, -0.2) is 14.6 Å². The summed E-state index contributed by atoms with van der Waals surface area (Å²) in [5.74, 6) is 1.85. The first-order chi connectivity index (χ1) is 16.1. The van der Waals surface area contributed by atoms with Crippen molar-refractivity contribution in [3.8, 4) is 28.7 Å². The Hall–Kier alpha value is -3.45. The Balaban J connectivity index is 1.73. The molecule has 7 heteroatoms.